The van der Waals surface area contributed by atoms with Crippen LogP contribution in [0.5, 0.6) is 0 Å². The molecule has 0 amide bonds. The second kappa shape index (κ2) is 6.53. The fourth-order valence-corrected chi connectivity index (χ4v) is 0.934. The van der Waals surface area contributed by atoms with E-state index in [0.29, 0.717) is 0 Å². The molecule has 0 aromatic rings. The van der Waals surface area contributed by atoms with Crippen LogP contribution in [0, 0.1) is 0 Å². The Bertz CT molecular complexity index is 389. The Morgan fingerprint density at radius 3 is 1.61 bits per heavy atom. The molecule has 23 heavy (non-hydrogen) atoms. The molecule has 0 aromatic heterocycles. The fourth-order valence-electron chi connectivity index (χ4n) is 0.934. The maximum absolute atomic E-state index is 13.4. The molecule has 0 aliphatic carbocycles. The van der Waals surface area contributed by atoms with Gasteiger partial charge in [-0.25, -0.2) is 17.6 Å². The van der Waals surface area contributed by atoms with Crippen LogP contribution < -0.4 is 0 Å². The van der Waals surface area contributed by atoms with Gasteiger partial charge in [-0.1, -0.05) is 0 Å². The van der Waals surface area contributed by atoms with Gasteiger partial charge in [0.05, 0.1) is 0 Å². The van der Waals surface area contributed by atoms with Crippen molar-refractivity contribution in [1.29, 1.82) is 0 Å². The molecule has 0 bridgehead atoms. The summed E-state index contributed by atoms with van der Waals surface area (Å²) in [6, 6.07) is 0. The van der Waals surface area contributed by atoms with E-state index in [9.17, 15) is 52.7 Å². The minimum absolute atomic E-state index is 0.118. The van der Waals surface area contributed by atoms with E-state index in [2.05, 4.69) is 9.47 Å². The molecule has 0 heterocycles. The summed E-state index contributed by atoms with van der Waals surface area (Å²) in [6.07, 6.45) is -23.6. The maximum Gasteiger partial charge on any atom is 0.458 e. The molecule has 0 saturated heterocycles. The van der Waals surface area contributed by atoms with Gasteiger partial charge in [-0.05, 0) is 0 Å². The summed E-state index contributed by atoms with van der Waals surface area (Å²) < 4.78 is 155. The summed E-state index contributed by atoms with van der Waals surface area (Å²) in [5, 5.41) is 0. The number of ether oxygens (including phenoxy) is 2. The topological polar surface area (TPSA) is 18.5 Å². The lowest BCUT2D eigenvalue weighted by Crippen LogP contribution is -2.62. The monoisotopic (exact) mass is 376 g/mol. The van der Waals surface area contributed by atoms with E-state index in [-0.39, 0.29) is 6.92 Å². The van der Waals surface area contributed by atoms with Crippen LogP contribution >= 0.6 is 0 Å². The zero-order valence-electron chi connectivity index (χ0n) is 10.8. The Morgan fingerprint density at radius 2 is 1.30 bits per heavy atom. The zero-order chi connectivity index (χ0) is 18.9. The Balaban J connectivity index is 5.66. The van der Waals surface area contributed by atoms with Crippen molar-refractivity contribution in [2.75, 3.05) is 13.3 Å². The van der Waals surface area contributed by atoms with Crippen LogP contribution in [-0.4, -0.2) is 49.6 Å². The number of hydrogen-bond donors (Lipinski definition) is 0. The first kappa shape index (κ1) is 22.1. The average molecular weight is 376 g/mol. The highest BCUT2D eigenvalue weighted by molar-refractivity contribution is 4.89. The van der Waals surface area contributed by atoms with Gasteiger partial charge in [0.25, 0.3) is 5.92 Å². The van der Waals surface area contributed by atoms with Gasteiger partial charge in [0.1, 0.15) is 13.3 Å². The third-order valence-electron chi connectivity index (χ3n) is 2.02. The Kier molecular flexibility index (Phi) is 6.27. The average Bonchev–Trinajstić information content (AvgIpc) is 2.32. The van der Waals surface area contributed by atoms with Crippen LogP contribution in [0.15, 0.2) is 0 Å². The standard InChI is InChI=1S/C9H8F12O2/c1-5(12,13)3-22-9(20,21)7(16,8(17,18)19)23-6(14,15)4(11)2-10/h4H,2-3H2,1H3. The zero-order valence-corrected chi connectivity index (χ0v) is 10.8. The van der Waals surface area contributed by atoms with Crippen LogP contribution in [0.2, 0.25) is 0 Å². The van der Waals surface area contributed by atoms with Crippen LogP contribution in [0.4, 0.5) is 52.7 Å². The number of hydrogen-bond acceptors (Lipinski definition) is 2. The van der Waals surface area contributed by atoms with Crippen molar-refractivity contribution in [1.82, 2.24) is 0 Å². The quantitative estimate of drug-likeness (QED) is 0.585. The molecule has 0 rings (SSSR count). The van der Waals surface area contributed by atoms with E-state index in [1.54, 1.807) is 0 Å². The second-order valence-electron chi connectivity index (χ2n) is 4.25. The van der Waals surface area contributed by atoms with E-state index < -0.39 is 49.6 Å². The van der Waals surface area contributed by atoms with Crippen molar-refractivity contribution in [3.63, 3.8) is 0 Å². The van der Waals surface area contributed by atoms with Crippen molar-refractivity contribution in [3.8, 4) is 0 Å². The minimum atomic E-state index is -6.97. The fraction of sp³-hybridized carbons (Fsp3) is 1.00. The van der Waals surface area contributed by atoms with Crippen LogP contribution in [0.25, 0.3) is 0 Å². The second-order valence-corrected chi connectivity index (χ2v) is 4.25. The molecule has 2 unspecified atom stereocenters. The van der Waals surface area contributed by atoms with Crippen LogP contribution in [0.3, 0.4) is 0 Å². The number of halogens is 12. The van der Waals surface area contributed by atoms with Crippen molar-refractivity contribution < 1.29 is 62.2 Å². The van der Waals surface area contributed by atoms with E-state index in [1.807, 2.05) is 0 Å². The molecule has 14 heteroatoms. The summed E-state index contributed by atoms with van der Waals surface area (Å²) in [5.74, 6) is -10.9. The highest BCUT2D eigenvalue weighted by Gasteiger charge is 2.78. The minimum Gasteiger partial charge on any atom is -0.309 e. The van der Waals surface area contributed by atoms with Gasteiger partial charge < -0.3 is 4.74 Å². The molecular weight excluding hydrogens is 368 g/mol. The summed E-state index contributed by atoms with van der Waals surface area (Å²) in [7, 11) is 0. The first-order valence-electron chi connectivity index (χ1n) is 5.33. The van der Waals surface area contributed by atoms with Gasteiger partial charge >= 0.3 is 24.2 Å². The highest BCUT2D eigenvalue weighted by atomic mass is 19.4. The van der Waals surface area contributed by atoms with Gasteiger partial charge in [0, 0.05) is 6.92 Å². The molecule has 0 aromatic carbocycles. The summed E-state index contributed by atoms with van der Waals surface area (Å²) in [5.41, 5.74) is 0. The van der Waals surface area contributed by atoms with Crippen LogP contribution in [-0.2, 0) is 9.47 Å². The lowest BCUT2D eigenvalue weighted by atomic mass is 10.2. The Labute approximate surface area is 120 Å². The van der Waals surface area contributed by atoms with Crippen molar-refractivity contribution >= 4 is 0 Å². The third kappa shape index (κ3) is 5.29. The first-order valence-corrected chi connectivity index (χ1v) is 5.33. The predicted molar refractivity (Wildman–Crippen MR) is 48.3 cm³/mol. The SMILES string of the molecule is CC(F)(F)COC(F)(F)C(F)(OC(F)(F)C(F)CF)C(F)(F)F. The molecule has 2 nitrogen and oxygen atoms in total. The number of alkyl halides is 12. The normalized spacial score (nSPS) is 18.7. The molecule has 0 N–H and O–H groups in total. The largest absolute Gasteiger partial charge is 0.458 e. The molecule has 2 atom stereocenters. The predicted octanol–water partition coefficient (Wildman–Crippen LogP) is 4.40. The molecule has 0 aliphatic heterocycles. The molecule has 0 saturated carbocycles. The third-order valence-corrected chi connectivity index (χ3v) is 2.02. The Hall–Kier alpha value is -0.920. The van der Waals surface area contributed by atoms with E-state index in [4.69, 9.17) is 0 Å². The molecule has 0 spiro atoms. The first-order chi connectivity index (χ1) is 9.90. The van der Waals surface area contributed by atoms with Gasteiger partial charge in [-0.2, -0.15) is 35.1 Å². The summed E-state index contributed by atoms with van der Waals surface area (Å²) in [4.78, 5) is 0. The molecular formula is C9H8F12O2. The molecule has 0 radical (unpaired) electrons. The lowest BCUT2D eigenvalue weighted by molar-refractivity contribution is -0.507. The maximum atomic E-state index is 13.4. The van der Waals surface area contributed by atoms with Crippen LogP contribution in [0.1, 0.15) is 6.92 Å². The van der Waals surface area contributed by atoms with Gasteiger partial charge in [-0.3, -0.25) is 4.74 Å². The van der Waals surface area contributed by atoms with E-state index in [0.717, 1.165) is 0 Å². The van der Waals surface area contributed by atoms with Gasteiger partial charge in [-0.15, -0.1) is 0 Å². The van der Waals surface area contributed by atoms with Crippen molar-refractivity contribution in [2.45, 2.75) is 43.3 Å². The highest BCUT2D eigenvalue weighted by Crippen LogP contribution is 2.50. The van der Waals surface area contributed by atoms with Crippen molar-refractivity contribution in [3.05, 3.63) is 0 Å². The molecule has 0 aliphatic rings. The smallest absolute Gasteiger partial charge is 0.309 e. The number of rotatable bonds is 8. The van der Waals surface area contributed by atoms with Gasteiger partial charge in [0.2, 0.25) is 6.17 Å². The molecule has 140 valence electrons. The van der Waals surface area contributed by atoms with E-state index in [1.165, 1.54) is 0 Å². The van der Waals surface area contributed by atoms with E-state index >= 15 is 0 Å². The van der Waals surface area contributed by atoms with Gasteiger partial charge in [0.15, 0.2) is 0 Å². The summed E-state index contributed by atoms with van der Waals surface area (Å²) >= 11 is 0. The van der Waals surface area contributed by atoms with Crippen molar-refractivity contribution in [2.24, 2.45) is 0 Å². The molecule has 0 fully saturated rings. The summed E-state index contributed by atoms with van der Waals surface area (Å²) in [6.45, 7) is -5.34. The lowest BCUT2D eigenvalue weighted by Gasteiger charge is -2.36. The Morgan fingerprint density at radius 1 is 0.870 bits per heavy atom.